The third-order valence-corrected chi connectivity index (χ3v) is 4.10. The van der Waals surface area contributed by atoms with Crippen LogP contribution < -0.4 is 4.74 Å². The van der Waals surface area contributed by atoms with E-state index in [4.69, 9.17) is 24.5 Å². The molecule has 0 bridgehead atoms. The molecule has 0 unspecified atom stereocenters. The third kappa shape index (κ3) is 9.09. The molecule has 1 heterocycles. The van der Waals surface area contributed by atoms with Gasteiger partial charge in [-0.25, -0.2) is 9.59 Å². The van der Waals surface area contributed by atoms with Crippen LogP contribution in [0.1, 0.15) is 25.8 Å². The van der Waals surface area contributed by atoms with Crippen molar-refractivity contribution in [2.45, 2.75) is 27.2 Å². The highest BCUT2D eigenvalue weighted by atomic mass is 16.5. The second kappa shape index (κ2) is 11.7. The summed E-state index contributed by atoms with van der Waals surface area (Å²) in [5.74, 6) is -2.41. The minimum atomic E-state index is -1.82. The van der Waals surface area contributed by atoms with Gasteiger partial charge in [-0.2, -0.15) is 0 Å². The van der Waals surface area contributed by atoms with E-state index in [1.54, 1.807) is 4.90 Å². The van der Waals surface area contributed by atoms with Gasteiger partial charge in [0.1, 0.15) is 5.75 Å². The summed E-state index contributed by atoms with van der Waals surface area (Å²) < 4.78 is 5.56. The van der Waals surface area contributed by atoms with E-state index < -0.39 is 11.9 Å². The molecule has 2 rings (SSSR count). The number of carbonyl (C=O) groups is 4. The van der Waals surface area contributed by atoms with E-state index in [1.807, 2.05) is 49.9 Å². The molecule has 0 saturated carbocycles. The Balaban J connectivity index is 0.000000612. The molecule has 2 amide bonds. The number of benzene rings is 1. The molecule has 0 radical (unpaired) electrons. The van der Waals surface area contributed by atoms with Gasteiger partial charge in [0.25, 0.3) is 5.91 Å². The van der Waals surface area contributed by atoms with E-state index in [-0.39, 0.29) is 18.4 Å². The van der Waals surface area contributed by atoms with Gasteiger partial charge in [-0.05, 0) is 30.5 Å². The van der Waals surface area contributed by atoms with Crippen molar-refractivity contribution in [3.05, 3.63) is 29.8 Å². The highest BCUT2D eigenvalue weighted by molar-refractivity contribution is 6.27. The Kier molecular flexibility index (Phi) is 9.64. The number of rotatable bonds is 5. The highest BCUT2D eigenvalue weighted by Crippen LogP contribution is 2.13. The van der Waals surface area contributed by atoms with E-state index in [9.17, 15) is 9.59 Å². The van der Waals surface area contributed by atoms with Crippen molar-refractivity contribution >= 4 is 23.8 Å². The van der Waals surface area contributed by atoms with Crippen molar-refractivity contribution < 1.29 is 34.1 Å². The summed E-state index contributed by atoms with van der Waals surface area (Å²) in [4.78, 5) is 46.1. The molecule has 9 heteroatoms. The van der Waals surface area contributed by atoms with Crippen LogP contribution in [0.5, 0.6) is 5.75 Å². The lowest BCUT2D eigenvalue weighted by Crippen LogP contribution is -2.51. The Morgan fingerprint density at radius 3 is 1.93 bits per heavy atom. The first-order chi connectivity index (χ1) is 13.6. The van der Waals surface area contributed by atoms with Gasteiger partial charge >= 0.3 is 11.9 Å². The number of hydrogen-bond acceptors (Lipinski definition) is 5. The second-order valence-electron chi connectivity index (χ2n) is 7.08. The maximum absolute atomic E-state index is 12.2. The van der Waals surface area contributed by atoms with E-state index in [2.05, 4.69) is 0 Å². The maximum Gasteiger partial charge on any atom is 0.414 e. The lowest BCUT2D eigenvalue weighted by Gasteiger charge is -2.35. The first-order valence-electron chi connectivity index (χ1n) is 9.31. The van der Waals surface area contributed by atoms with E-state index in [0.29, 0.717) is 44.3 Å². The number of amides is 2. The Hall–Kier alpha value is -3.10. The van der Waals surface area contributed by atoms with Crippen LogP contribution in [0.15, 0.2) is 24.3 Å². The molecule has 1 saturated heterocycles. The lowest BCUT2D eigenvalue weighted by molar-refractivity contribution is -0.159. The van der Waals surface area contributed by atoms with Gasteiger partial charge in [0, 0.05) is 32.6 Å². The number of carbonyl (C=O) groups excluding carboxylic acids is 2. The number of carboxylic acids is 2. The Morgan fingerprint density at radius 2 is 1.48 bits per heavy atom. The summed E-state index contributed by atoms with van der Waals surface area (Å²) in [5.41, 5.74) is 1.10. The molecule has 9 nitrogen and oxygen atoms in total. The van der Waals surface area contributed by atoms with Gasteiger partial charge in [0.05, 0.1) is 0 Å². The summed E-state index contributed by atoms with van der Waals surface area (Å²) in [6.07, 6.45) is 0.574. The summed E-state index contributed by atoms with van der Waals surface area (Å²) in [6.45, 7) is 8.51. The Labute approximate surface area is 169 Å². The van der Waals surface area contributed by atoms with Gasteiger partial charge in [-0.3, -0.25) is 9.59 Å². The molecule has 0 aliphatic carbocycles. The monoisotopic (exact) mass is 408 g/mol. The van der Waals surface area contributed by atoms with Crippen LogP contribution in [0.4, 0.5) is 0 Å². The van der Waals surface area contributed by atoms with E-state index in [0.717, 1.165) is 5.56 Å². The van der Waals surface area contributed by atoms with Crippen molar-refractivity contribution in [1.82, 2.24) is 9.80 Å². The molecular formula is C20H28N2O7. The first kappa shape index (κ1) is 23.9. The zero-order chi connectivity index (χ0) is 22.0. The lowest BCUT2D eigenvalue weighted by atomic mass is 10.1. The standard InChI is InChI=1S/C18H26N2O3.C2H2O4/c1-14(2)11-17(21)19-7-9-20(10-8-19)18(22)13-23-16-6-4-5-15(3)12-16;3-1(4)2(5)6/h4-6,12,14H,7-11,13H2,1-3H3;(H,3,4)(H,5,6). The van der Waals surface area contributed by atoms with E-state index in [1.165, 1.54) is 0 Å². The number of aliphatic carboxylic acids is 2. The Bertz CT molecular complexity index is 713. The minimum absolute atomic E-state index is 0.0255. The fourth-order valence-corrected chi connectivity index (χ4v) is 2.63. The SMILES string of the molecule is Cc1cccc(OCC(=O)N2CCN(C(=O)CC(C)C)CC2)c1.O=C(O)C(=O)O. The van der Waals surface area contributed by atoms with E-state index >= 15 is 0 Å². The van der Waals surface area contributed by atoms with Gasteiger partial charge in [-0.15, -0.1) is 0 Å². The smallest absolute Gasteiger partial charge is 0.414 e. The first-order valence-corrected chi connectivity index (χ1v) is 9.31. The van der Waals surface area contributed by atoms with Gasteiger partial charge in [0.2, 0.25) is 5.91 Å². The molecule has 29 heavy (non-hydrogen) atoms. The average Bonchev–Trinajstić information content (AvgIpc) is 2.66. The number of nitrogens with zero attached hydrogens (tertiary/aromatic N) is 2. The molecule has 0 spiro atoms. The molecule has 2 N–H and O–H groups in total. The number of aryl methyl sites for hydroxylation is 1. The van der Waals surface area contributed by atoms with Gasteiger partial charge < -0.3 is 24.7 Å². The number of piperazine rings is 1. The number of hydrogen-bond donors (Lipinski definition) is 2. The number of ether oxygens (including phenoxy) is 1. The van der Waals surface area contributed by atoms with Crippen molar-refractivity contribution in [2.24, 2.45) is 5.92 Å². The quantitative estimate of drug-likeness (QED) is 0.703. The topological polar surface area (TPSA) is 124 Å². The summed E-state index contributed by atoms with van der Waals surface area (Å²) in [7, 11) is 0. The number of carboxylic acid groups (broad SMARTS) is 2. The highest BCUT2D eigenvalue weighted by Gasteiger charge is 2.24. The fourth-order valence-electron chi connectivity index (χ4n) is 2.63. The Morgan fingerprint density at radius 1 is 0.966 bits per heavy atom. The summed E-state index contributed by atoms with van der Waals surface area (Å²) in [5, 5.41) is 14.8. The molecule has 1 aromatic carbocycles. The van der Waals surface area contributed by atoms with Crippen molar-refractivity contribution in [3.8, 4) is 5.75 Å². The maximum atomic E-state index is 12.2. The summed E-state index contributed by atoms with van der Waals surface area (Å²) >= 11 is 0. The van der Waals surface area contributed by atoms with Crippen molar-refractivity contribution in [3.63, 3.8) is 0 Å². The molecule has 1 aliphatic heterocycles. The van der Waals surface area contributed by atoms with Crippen LogP contribution >= 0.6 is 0 Å². The molecular weight excluding hydrogens is 380 g/mol. The van der Waals surface area contributed by atoms with Gasteiger partial charge in [0.15, 0.2) is 6.61 Å². The van der Waals surface area contributed by atoms with Gasteiger partial charge in [-0.1, -0.05) is 26.0 Å². The normalized spacial score (nSPS) is 13.4. The van der Waals surface area contributed by atoms with Crippen LogP contribution in [-0.4, -0.2) is 76.6 Å². The molecule has 160 valence electrons. The second-order valence-corrected chi connectivity index (χ2v) is 7.08. The molecule has 1 aliphatic rings. The molecule has 0 atom stereocenters. The molecule has 1 aromatic rings. The fraction of sp³-hybridized carbons (Fsp3) is 0.500. The van der Waals surface area contributed by atoms with Crippen LogP contribution in [-0.2, 0) is 19.2 Å². The van der Waals surface area contributed by atoms with Crippen LogP contribution in [0.3, 0.4) is 0 Å². The molecule has 0 aromatic heterocycles. The zero-order valence-corrected chi connectivity index (χ0v) is 17.0. The minimum Gasteiger partial charge on any atom is -0.484 e. The third-order valence-electron chi connectivity index (χ3n) is 4.10. The predicted octanol–water partition coefficient (Wildman–Crippen LogP) is 1.25. The average molecular weight is 408 g/mol. The zero-order valence-electron chi connectivity index (χ0n) is 17.0. The van der Waals surface area contributed by atoms with Crippen LogP contribution in [0.25, 0.3) is 0 Å². The van der Waals surface area contributed by atoms with Crippen LogP contribution in [0.2, 0.25) is 0 Å². The summed E-state index contributed by atoms with van der Waals surface area (Å²) in [6, 6.07) is 7.66. The largest absolute Gasteiger partial charge is 0.484 e. The molecule has 1 fully saturated rings. The predicted molar refractivity (Wildman–Crippen MR) is 105 cm³/mol. The van der Waals surface area contributed by atoms with Crippen molar-refractivity contribution in [2.75, 3.05) is 32.8 Å². The van der Waals surface area contributed by atoms with Crippen LogP contribution in [0, 0.1) is 12.8 Å². The van der Waals surface area contributed by atoms with Crippen molar-refractivity contribution in [1.29, 1.82) is 0 Å².